The van der Waals surface area contributed by atoms with E-state index >= 15 is 0 Å². The van der Waals surface area contributed by atoms with E-state index in [4.69, 9.17) is 0 Å². The van der Waals surface area contributed by atoms with E-state index in [1.54, 1.807) is 11.0 Å². The molecule has 39 heavy (non-hydrogen) atoms. The van der Waals surface area contributed by atoms with Crippen LogP contribution in [0.3, 0.4) is 0 Å². The Bertz CT molecular complexity index is 1600. The van der Waals surface area contributed by atoms with Crippen molar-refractivity contribution in [1.82, 2.24) is 18.9 Å². The minimum Gasteiger partial charge on any atom is -0.478 e. The fraction of sp³-hybridized carbons (Fsp3) is 0.438. The Morgan fingerprint density at radius 3 is 2.41 bits per heavy atom. The highest BCUT2D eigenvalue weighted by Gasteiger charge is 2.33. The van der Waals surface area contributed by atoms with Gasteiger partial charge in [-0.2, -0.15) is 0 Å². The van der Waals surface area contributed by atoms with Gasteiger partial charge in [-0.15, -0.1) is 0 Å². The molecule has 3 heterocycles. The maximum atomic E-state index is 13.7. The number of aromatic carboxylic acids is 1. The van der Waals surface area contributed by atoms with Crippen molar-refractivity contribution in [3.8, 4) is 11.3 Å². The third-order valence-corrected chi connectivity index (χ3v) is 8.93. The molecule has 1 amide bonds. The van der Waals surface area contributed by atoms with Gasteiger partial charge in [0.25, 0.3) is 5.91 Å². The van der Waals surface area contributed by atoms with E-state index in [1.807, 2.05) is 26.2 Å². The van der Waals surface area contributed by atoms with Crippen molar-refractivity contribution >= 4 is 33.7 Å². The predicted molar refractivity (Wildman–Crippen MR) is 156 cm³/mol. The van der Waals surface area contributed by atoms with Crippen molar-refractivity contribution in [2.75, 3.05) is 27.7 Å². The Balaban J connectivity index is 1.70. The zero-order chi connectivity index (χ0) is 27.4. The molecule has 204 valence electrons. The largest absolute Gasteiger partial charge is 0.478 e. The molecule has 1 saturated carbocycles. The highest BCUT2D eigenvalue weighted by molar-refractivity contribution is 6.08. The Hall–Kier alpha value is -3.58. The average Bonchev–Trinajstić information content (AvgIpc) is 3.37. The van der Waals surface area contributed by atoms with E-state index < -0.39 is 5.97 Å². The molecule has 7 heteroatoms. The van der Waals surface area contributed by atoms with Gasteiger partial charge in [0.1, 0.15) is 5.69 Å². The van der Waals surface area contributed by atoms with E-state index in [0.29, 0.717) is 31.1 Å². The Morgan fingerprint density at radius 1 is 0.974 bits per heavy atom. The quantitative estimate of drug-likeness (QED) is 0.326. The van der Waals surface area contributed by atoms with Crippen LogP contribution in [0.15, 0.2) is 36.4 Å². The summed E-state index contributed by atoms with van der Waals surface area (Å²) in [6.07, 6.45) is 6.02. The number of benzene rings is 2. The van der Waals surface area contributed by atoms with Crippen molar-refractivity contribution < 1.29 is 14.7 Å². The number of rotatable bonds is 6. The van der Waals surface area contributed by atoms with Gasteiger partial charge in [0, 0.05) is 61.1 Å². The number of para-hydroxylation sites is 1. The number of nitrogens with zero attached hydrogens (tertiary/aromatic N) is 4. The standard InChI is InChI=1S/C32H38N4O3/c1-5-34(4)19-25-22-12-9-13-24-28(22)36(30(25)31(37)33(2)3)17-16-35-26-18-21(32(38)39)14-15-23(26)27(29(24)35)20-10-7-6-8-11-20/h9,12-15,18,20H,5-8,10-11,16-17,19H2,1-4H3,(H,38,39). The lowest BCUT2D eigenvalue weighted by Crippen LogP contribution is -2.27. The molecule has 4 aromatic rings. The first-order chi connectivity index (χ1) is 18.8. The van der Waals surface area contributed by atoms with Gasteiger partial charge >= 0.3 is 5.97 Å². The molecule has 2 aromatic heterocycles. The van der Waals surface area contributed by atoms with Gasteiger partial charge in [-0.05, 0) is 50.0 Å². The first-order valence-electron chi connectivity index (χ1n) is 14.3. The Kier molecular flexibility index (Phi) is 6.50. The van der Waals surface area contributed by atoms with Crippen LogP contribution in [0.5, 0.6) is 0 Å². The van der Waals surface area contributed by atoms with Gasteiger partial charge in [0.15, 0.2) is 0 Å². The van der Waals surface area contributed by atoms with Crippen LogP contribution in [-0.2, 0) is 19.6 Å². The zero-order valence-electron chi connectivity index (χ0n) is 23.5. The highest BCUT2D eigenvalue weighted by Crippen LogP contribution is 2.47. The first-order valence-corrected chi connectivity index (χ1v) is 14.3. The van der Waals surface area contributed by atoms with Crippen LogP contribution in [0.2, 0.25) is 0 Å². The summed E-state index contributed by atoms with van der Waals surface area (Å²) in [6.45, 7) is 5.07. The second-order valence-electron chi connectivity index (χ2n) is 11.5. The van der Waals surface area contributed by atoms with Crippen LogP contribution >= 0.6 is 0 Å². The molecule has 1 N–H and O–H groups in total. The zero-order valence-corrected chi connectivity index (χ0v) is 23.5. The second kappa shape index (κ2) is 9.87. The second-order valence-corrected chi connectivity index (χ2v) is 11.5. The van der Waals surface area contributed by atoms with E-state index in [0.717, 1.165) is 52.6 Å². The topological polar surface area (TPSA) is 70.7 Å². The number of carboxylic acids is 1. The number of carbonyl (C=O) groups is 2. The Morgan fingerprint density at radius 2 is 1.72 bits per heavy atom. The maximum absolute atomic E-state index is 13.7. The normalized spacial score (nSPS) is 15.6. The van der Waals surface area contributed by atoms with Crippen LogP contribution in [0, 0.1) is 0 Å². The predicted octanol–water partition coefficient (Wildman–Crippen LogP) is 6.18. The fourth-order valence-corrected chi connectivity index (χ4v) is 6.93. The summed E-state index contributed by atoms with van der Waals surface area (Å²) in [5.74, 6) is -0.440. The minimum absolute atomic E-state index is 0.0220. The number of hydrogen-bond donors (Lipinski definition) is 1. The van der Waals surface area contributed by atoms with E-state index in [-0.39, 0.29) is 5.91 Å². The summed E-state index contributed by atoms with van der Waals surface area (Å²) in [5.41, 5.74) is 8.00. The molecule has 0 atom stereocenters. The molecule has 0 saturated heterocycles. The monoisotopic (exact) mass is 526 g/mol. The third-order valence-electron chi connectivity index (χ3n) is 8.93. The lowest BCUT2D eigenvalue weighted by atomic mass is 9.81. The van der Waals surface area contributed by atoms with Crippen LogP contribution in [0.4, 0.5) is 0 Å². The molecule has 2 aromatic carbocycles. The molecule has 1 aliphatic heterocycles. The van der Waals surface area contributed by atoms with Crippen molar-refractivity contribution in [2.45, 2.75) is 64.6 Å². The molecular formula is C32H38N4O3. The highest BCUT2D eigenvalue weighted by atomic mass is 16.4. The molecule has 6 rings (SSSR count). The van der Waals surface area contributed by atoms with Crippen molar-refractivity contribution in [3.05, 3.63) is 58.8 Å². The number of aryl methyl sites for hydroxylation is 2. The molecule has 2 aliphatic rings. The number of aromatic nitrogens is 2. The molecular weight excluding hydrogens is 488 g/mol. The molecule has 0 radical (unpaired) electrons. The first kappa shape index (κ1) is 25.7. The number of carbonyl (C=O) groups excluding carboxylic acids is 1. The fourth-order valence-electron chi connectivity index (χ4n) is 6.93. The van der Waals surface area contributed by atoms with Gasteiger partial charge in [-0.3, -0.25) is 4.79 Å². The average molecular weight is 527 g/mol. The Labute approximate surface area is 229 Å². The van der Waals surface area contributed by atoms with Crippen LogP contribution in [-0.4, -0.2) is 63.6 Å². The molecule has 1 aliphatic carbocycles. The third kappa shape index (κ3) is 4.06. The molecule has 0 spiro atoms. The van der Waals surface area contributed by atoms with Crippen LogP contribution < -0.4 is 0 Å². The molecule has 0 bridgehead atoms. The molecule has 7 nitrogen and oxygen atoms in total. The molecule has 0 unspecified atom stereocenters. The maximum Gasteiger partial charge on any atom is 0.335 e. The number of amides is 1. The lowest BCUT2D eigenvalue weighted by molar-refractivity contribution is 0.0696. The summed E-state index contributed by atoms with van der Waals surface area (Å²) >= 11 is 0. The van der Waals surface area contributed by atoms with Gasteiger partial charge in [-0.1, -0.05) is 50.5 Å². The van der Waals surface area contributed by atoms with Gasteiger partial charge in [0.2, 0.25) is 0 Å². The summed E-state index contributed by atoms with van der Waals surface area (Å²) in [4.78, 5) is 29.6. The number of hydrogen-bond acceptors (Lipinski definition) is 3. The van der Waals surface area contributed by atoms with Crippen LogP contribution in [0.1, 0.15) is 76.9 Å². The van der Waals surface area contributed by atoms with E-state index in [9.17, 15) is 14.7 Å². The smallest absolute Gasteiger partial charge is 0.335 e. The lowest BCUT2D eigenvalue weighted by Gasteiger charge is -2.23. The summed E-state index contributed by atoms with van der Waals surface area (Å²) in [7, 11) is 5.75. The number of fused-ring (bicyclic) bond motifs is 4. The summed E-state index contributed by atoms with van der Waals surface area (Å²) in [6, 6.07) is 12.1. The SMILES string of the molecule is CCN(C)Cc1c(C(=O)N(C)C)n2c3c(cccc13)-c1c(C3CCCCC3)c3ccc(C(=O)O)cc3n1CC2. The van der Waals surface area contributed by atoms with Gasteiger partial charge in [0.05, 0.1) is 16.8 Å². The molecule has 1 fully saturated rings. The van der Waals surface area contributed by atoms with Gasteiger partial charge < -0.3 is 24.0 Å². The van der Waals surface area contributed by atoms with E-state index in [2.05, 4.69) is 46.2 Å². The van der Waals surface area contributed by atoms with Crippen molar-refractivity contribution in [2.24, 2.45) is 0 Å². The van der Waals surface area contributed by atoms with Gasteiger partial charge in [-0.25, -0.2) is 4.79 Å². The van der Waals surface area contributed by atoms with Crippen LogP contribution in [0.25, 0.3) is 33.1 Å². The minimum atomic E-state index is -0.905. The van der Waals surface area contributed by atoms with Crippen molar-refractivity contribution in [3.63, 3.8) is 0 Å². The van der Waals surface area contributed by atoms with Crippen molar-refractivity contribution in [1.29, 1.82) is 0 Å². The van der Waals surface area contributed by atoms with E-state index in [1.165, 1.54) is 35.9 Å². The summed E-state index contributed by atoms with van der Waals surface area (Å²) < 4.78 is 4.59. The number of carboxylic acid groups (broad SMARTS) is 1. The summed E-state index contributed by atoms with van der Waals surface area (Å²) in [5, 5.41) is 12.1.